The number of hydrogen-bond donors (Lipinski definition) is 1. The van der Waals surface area contributed by atoms with Crippen LogP contribution in [0.3, 0.4) is 0 Å². The highest BCUT2D eigenvalue weighted by molar-refractivity contribution is 5.96. The van der Waals surface area contributed by atoms with E-state index in [1.54, 1.807) is 17.9 Å². The summed E-state index contributed by atoms with van der Waals surface area (Å²) in [6, 6.07) is 4.77. The average molecular weight is 291 g/mol. The van der Waals surface area contributed by atoms with Gasteiger partial charge in [-0.15, -0.1) is 0 Å². The van der Waals surface area contributed by atoms with Crippen LogP contribution in [0, 0.1) is 17.0 Å². The van der Waals surface area contributed by atoms with Gasteiger partial charge in [-0.25, -0.2) is 0 Å². The molecule has 1 amide bonds. The molecule has 6 nitrogen and oxygen atoms in total. The van der Waals surface area contributed by atoms with Gasteiger partial charge in [0.2, 0.25) is 0 Å². The maximum Gasteiger partial charge on any atom is 0.270 e. The van der Waals surface area contributed by atoms with E-state index in [9.17, 15) is 14.9 Å². The minimum atomic E-state index is -0.467. The van der Waals surface area contributed by atoms with Crippen molar-refractivity contribution in [3.05, 3.63) is 39.4 Å². The lowest BCUT2D eigenvalue weighted by atomic mass is 10.1. The van der Waals surface area contributed by atoms with Crippen molar-refractivity contribution in [3.63, 3.8) is 0 Å². The Morgan fingerprint density at radius 1 is 1.52 bits per heavy atom. The summed E-state index contributed by atoms with van der Waals surface area (Å²) >= 11 is 0. The van der Waals surface area contributed by atoms with Gasteiger partial charge in [0.15, 0.2) is 0 Å². The molecule has 1 aromatic rings. The smallest absolute Gasteiger partial charge is 0.270 e. The van der Waals surface area contributed by atoms with Gasteiger partial charge in [-0.1, -0.05) is 6.07 Å². The summed E-state index contributed by atoms with van der Waals surface area (Å²) in [6.07, 6.45) is 2.20. The van der Waals surface area contributed by atoms with Crippen molar-refractivity contribution >= 4 is 11.6 Å². The Bertz CT molecular complexity index is 539. The highest BCUT2D eigenvalue weighted by Crippen LogP contribution is 2.19. The number of carbonyl (C=O) groups is 1. The van der Waals surface area contributed by atoms with Gasteiger partial charge >= 0.3 is 0 Å². The monoisotopic (exact) mass is 291 g/mol. The van der Waals surface area contributed by atoms with E-state index in [2.05, 4.69) is 5.32 Å². The number of aryl methyl sites for hydroxylation is 1. The highest BCUT2D eigenvalue weighted by atomic mass is 16.6. The van der Waals surface area contributed by atoms with Crippen LogP contribution in [0.15, 0.2) is 18.2 Å². The van der Waals surface area contributed by atoms with Crippen molar-refractivity contribution in [2.75, 3.05) is 19.6 Å². The predicted octanol–water partition coefficient (Wildman–Crippen LogP) is 2.12. The van der Waals surface area contributed by atoms with Crippen LogP contribution >= 0.6 is 0 Å². The van der Waals surface area contributed by atoms with E-state index in [4.69, 9.17) is 0 Å². The second-order valence-corrected chi connectivity index (χ2v) is 5.39. The van der Waals surface area contributed by atoms with E-state index in [-0.39, 0.29) is 11.6 Å². The molecule has 1 aliphatic heterocycles. The minimum absolute atomic E-state index is 0.0426. The van der Waals surface area contributed by atoms with Crippen molar-refractivity contribution in [1.29, 1.82) is 0 Å². The number of non-ortho nitro benzene ring substituents is 1. The van der Waals surface area contributed by atoms with Gasteiger partial charge in [0.05, 0.1) is 4.92 Å². The van der Waals surface area contributed by atoms with Crippen LogP contribution < -0.4 is 5.32 Å². The Morgan fingerprint density at radius 3 is 2.86 bits per heavy atom. The summed E-state index contributed by atoms with van der Waals surface area (Å²) < 4.78 is 0. The molecule has 1 atom stereocenters. The van der Waals surface area contributed by atoms with Gasteiger partial charge in [-0.3, -0.25) is 14.9 Å². The van der Waals surface area contributed by atoms with Gasteiger partial charge in [0.1, 0.15) is 0 Å². The summed E-state index contributed by atoms with van der Waals surface area (Å²) in [4.78, 5) is 24.8. The first-order valence-corrected chi connectivity index (χ1v) is 7.30. The normalized spacial score (nSPS) is 17.7. The van der Waals surface area contributed by atoms with Crippen LogP contribution in [0.2, 0.25) is 0 Å². The summed E-state index contributed by atoms with van der Waals surface area (Å²) in [6.45, 7) is 5.97. The molecule has 1 saturated heterocycles. The first kappa shape index (κ1) is 15.4. The van der Waals surface area contributed by atoms with E-state index in [1.807, 2.05) is 6.92 Å². The molecule has 0 radical (unpaired) electrons. The Morgan fingerprint density at radius 2 is 2.29 bits per heavy atom. The lowest BCUT2D eigenvalue weighted by Crippen LogP contribution is -2.41. The molecule has 1 aliphatic rings. The molecule has 1 aromatic carbocycles. The molecule has 1 heterocycles. The topological polar surface area (TPSA) is 75.5 Å². The van der Waals surface area contributed by atoms with Gasteiger partial charge in [0.25, 0.3) is 11.6 Å². The molecule has 114 valence electrons. The minimum Gasteiger partial charge on any atom is -0.337 e. The Hall–Kier alpha value is -1.95. The molecule has 6 heteroatoms. The van der Waals surface area contributed by atoms with Crippen molar-refractivity contribution in [2.45, 2.75) is 32.7 Å². The predicted molar refractivity (Wildman–Crippen MR) is 80.4 cm³/mol. The first-order chi connectivity index (χ1) is 10.0. The number of nitro benzene ring substituents is 1. The van der Waals surface area contributed by atoms with Crippen molar-refractivity contribution in [3.8, 4) is 0 Å². The van der Waals surface area contributed by atoms with Crippen LogP contribution in [0.25, 0.3) is 0 Å². The van der Waals surface area contributed by atoms with E-state index in [1.165, 1.54) is 12.1 Å². The number of likely N-dealkylation sites (N-methyl/N-ethyl adjacent to an activating group) is 1. The van der Waals surface area contributed by atoms with Crippen LogP contribution in [-0.4, -0.2) is 41.4 Å². The third-order valence-electron chi connectivity index (χ3n) is 3.93. The summed E-state index contributed by atoms with van der Waals surface area (Å²) in [5.74, 6) is -0.132. The Labute approximate surface area is 124 Å². The Balaban J connectivity index is 2.19. The molecule has 0 bridgehead atoms. The SMILES string of the molecule is CCN(CC1CCCN1)C(=O)c1cc([N+](=O)[O-])ccc1C. The maximum atomic E-state index is 12.6. The van der Waals surface area contributed by atoms with Gasteiger partial charge in [-0.05, 0) is 38.8 Å². The average Bonchev–Trinajstić information content (AvgIpc) is 2.97. The third kappa shape index (κ3) is 3.58. The number of rotatable bonds is 5. The van der Waals surface area contributed by atoms with Crippen LogP contribution in [0.4, 0.5) is 5.69 Å². The molecular formula is C15H21N3O3. The van der Waals surface area contributed by atoms with Crippen LogP contribution in [-0.2, 0) is 0 Å². The van der Waals surface area contributed by atoms with E-state index >= 15 is 0 Å². The second kappa shape index (κ2) is 6.67. The number of benzene rings is 1. The maximum absolute atomic E-state index is 12.6. The molecule has 2 rings (SSSR count). The molecule has 21 heavy (non-hydrogen) atoms. The summed E-state index contributed by atoms with van der Waals surface area (Å²) in [5, 5.41) is 14.2. The van der Waals surface area contributed by atoms with Crippen molar-refractivity contribution in [1.82, 2.24) is 10.2 Å². The molecule has 0 spiro atoms. The highest BCUT2D eigenvalue weighted by Gasteiger charge is 2.23. The van der Waals surface area contributed by atoms with Crippen LogP contribution in [0.5, 0.6) is 0 Å². The Kier molecular flexibility index (Phi) is 4.90. The standard InChI is InChI=1S/C15H21N3O3/c1-3-17(10-12-5-4-8-16-12)15(19)14-9-13(18(20)21)7-6-11(14)2/h6-7,9,12,16H,3-5,8,10H2,1-2H3. The molecule has 0 aromatic heterocycles. The molecule has 1 fully saturated rings. The van der Waals surface area contributed by atoms with Crippen LogP contribution in [0.1, 0.15) is 35.7 Å². The van der Waals surface area contributed by atoms with Gasteiger partial charge < -0.3 is 10.2 Å². The van der Waals surface area contributed by atoms with E-state index in [0.29, 0.717) is 24.7 Å². The van der Waals surface area contributed by atoms with Crippen molar-refractivity contribution < 1.29 is 9.72 Å². The zero-order chi connectivity index (χ0) is 15.4. The van der Waals surface area contributed by atoms with Gasteiger partial charge in [0, 0.05) is 36.8 Å². The molecule has 0 aliphatic carbocycles. The fourth-order valence-corrected chi connectivity index (χ4v) is 2.66. The number of hydrogen-bond acceptors (Lipinski definition) is 4. The number of nitrogens with zero attached hydrogens (tertiary/aromatic N) is 2. The lowest BCUT2D eigenvalue weighted by Gasteiger charge is -2.25. The quantitative estimate of drug-likeness (QED) is 0.666. The first-order valence-electron chi connectivity index (χ1n) is 7.30. The zero-order valence-corrected chi connectivity index (χ0v) is 12.5. The van der Waals surface area contributed by atoms with Gasteiger partial charge in [-0.2, -0.15) is 0 Å². The molecule has 1 unspecified atom stereocenters. The van der Waals surface area contributed by atoms with E-state index < -0.39 is 4.92 Å². The lowest BCUT2D eigenvalue weighted by molar-refractivity contribution is -0.384. The number of carbonyl (C=O) groups excluding carboxylic acids is 1. The molecule has 0 saturated carbocycles. The number of nitro groups is 1. The number of amides is 1. The largest absolute Gasteiger partial charge is 0.337 e. The molecular weight excluding hydrogens is 270 g/mol. The summed E-state index contributed by atoms with van der Waals surface area (Å²) in [5.41, 5.74) is 1.14. The zero-order valence-electron chi connectivity index (χ0n) is 12.5. The molecule has 1 N–H and O–H groups in total. The number of nitrogens with one attached hydrogen (secondary N) is 1. The van der Waals surface area contributed by atoms with Crippen molar-refractivity contribution in [2.24, 2.45) is 0 Å². The fraction of sp³-hybridized carbons (Fsp3) is 0.533. The summed E-state index contributed by atoms with van der Waals surface area (Å²) in [7, 11) is 0. The third-order valence-corrected chi connectivity index (χ3v) is 3.93. The second-order valence-electron chi connectivity index (χ2n) is 5.39. The van der Waals surface area contributed by atoms with E-state index in [0.717, 1.165) is 24.9 Å². The fourth-order valence-electron chi connectivity index (χ4n) is 2.66.